The molecular weight excluding hydrogens is 418 g/mol. The van der Waals surface area contributed by atoms with Crippen molar-refractivity contribution in [1.29, 1.82) is 0 Å². The zero-order chi connectivity index (χ0) is 23.2. The van der Waals surface area contributed by atoms with Crippen LogP contribution >= 0.6 is 11.6 Å². The number of nitrogens with one attached hydrogen (secondary N) is 2. The van der Waals surface area contributed by atoms with Gasteiger partial charge in [0.25, 0.3) is 5.91 Å². The summed E-state index contributed by atoms with van der Waals surface area (Å²) in [7, 11) is 0. The largest absolute Gasteiger partial charge is 0.444 e. The van der Waals surface area contributed by atoms with Crippen molar-refractivity contribution in [3.63, 3.8) is 0 Å². The number of carbonyl (C=O) groups excluding carboxylic acids is 3. The molecule has 1 aliphatic heterocycles. The van der Waals surface area contributed by atoms with Gasteiger partial charge in [0.1, 0.15) is 11.6 Å². The van der Waals surface area contributed by atoms with Crippen LogP contribution in [0.2, 0.25) is 5.02 Å². The highest BCUT2D eigenvalue weighted by molar-refractivity contribution is 6.30. The van der Waals surface area contributed by atoms with Gasteiger partial charge in [-0.15, -0.1) is 0 Å². The van der Waals surface area contributed by atoms with Crippen molar-refractivity contribution in [3.05, 3.63) is 34.9 Å². The Kier molecular flexibility index (Phi) is 8.74. The van der Waals surface area contributed by atoms with Crippen molar-refractivity contribution in [2.24, 2.45) is 5.92 Å². The molecule has 2 rings (SSSR count). The Morgan fingerprint density at radius 2 is 1.74 bits per heavy atom. The van der Waals surface area contributed by atoms with Crippen molar-refractivity contribution in [2.45, 2.75) is 71.6 Å². The summed E-state index contributed by atoms with van der Waals surface area (Å²) in [4.78, 5) is 39.5. The lowest BCUT2D eigenvalue weighted by Gasteiger charge is -2.34. The first kappa shape index (κ1) is 25.0. The first-order valence-electron chi connectivity index (χ1n) is 10.8. The van der Waals surface area contributed by atoms with E-state index in [1.807, 2.05) is 34.6 Å². The highest BCUT2D eigenvalue weighted by atomic mass is 35.5. The van der Waals surface area contributed by atoms with E-state index in [-0.39, 0.29) is 29.9 Å². The zero-order valence-corrected chi connectivity index (χ0v) is 19.8. The summed E-state index contributed by atoms with van der Waals surface area (Å²) in [5.74, 6) is -0.539. The number of benzene rings is 1. The molecule has 31 heavy (non-hydrogen) atoms. The number of hydrogen-bond donors (Lipinski definition) is 2. The molecule has 1 heterocycles. The molecule has 7 nitrogen and oxygen atoms in total. The lowest BCUT2D eigenvalue weighted by atomic mass is 9.96. The highest BCUT2D eigenvalue weighted by Crippen LogP contribution is 2.17. The fourth-order valence-electron chi connectivity index (χ4n) is 3.35. The van der Waals surface area contributed by atoms with Gasteiger partial charge in [0.05, 0.1) is 0 Å². The number of halogens is 1. The molecule has 1 aromatic carbocycles. The van der Waals surface area contributed by atoms with E-state index in [0.717, 1.165) is 6.42 Å². The first-order chi connectivity index (χ1) is 14.5. The predicted octanol–water partition coefficient (Wildman–Crippen LogP) is 4.00. The molecule has 2 unspecified atom stereocenters. The molecule has 1 aliphatic rings. The second-order valence-corrected chi connectivity index (χ2v) is 9.53. The highest BCUT2D eigenvalue weighted by Gasteiger charge is 2.31. The summed E-state index contributed by atoms with van der Waals surface area (Å²) in [5, 5.41) is 6.47. The minimum Gasteiger partial charge on any atom is -0.444 e. The second kappa shape index (κ2) is 10.8. The van der Waals surface area contributed by atoms with Gasteiger partial charge in [0.15, 0.2) is 0 Å². The van der Waals surface area contributed by atoms with E-state index < -0.39 is 11.6 Å². The number of amides is 3. The molecule has 0 saturated carbocycles. The van der Waals surface area contributed by atoms with Crippen LogP contribution in [0.4, 0.5) is 4.79 Å². The van der Waals surface area contributed by atoms with Gasteiger partial charge in [-0.1, -0.05) is 31.9 Å². The molecule has 0 bridgehead atoms. The molecule has 172 valence electrons. The maximum Gasteiger partial charge on any atom is 0.410 e. The smallest absolute Gasteiger partial charge is 0.410 e. The Labute approximate surface area is 189 Å². The average Bonchev–Trinajstić information content (AvgIpc) is 2.71. The molecule has 1 fully saturated rings. The van der Waals surface area contributed by atoms with E-state index in [2.05, 4.69) is 10.6 Å². The molecule has 0 aliphatic carbocycles. The molecule has 1 saturated heterocycles. The van der Waals surface area contributed by atoms with Crippen LogP contribution < -0.4 is 10.6 Å². The van der Waals surface area contributed by atoms with Gasteiger partial charge in [-0.25, -0.2) is 4.79 Å². The van der Waals surface area contributed by atoms with Gasteiger partial charge in [0.2, 0.25) is 5.91 Å². The van der Waals surface area contributed by atoms with E-state index in [1.165, 1.54) is 0 Å². The van der Waals surface area contributed by atoms with Crippen molar-refractivity contribution in [2.75, 3.05) is 13.1 Å². The molecule has 3 amide bonds. The third-order valence-corrected chi connectivity index (χ3v) is 5.63. The van der Waals surface area contributed by atoms with Gasteiger partial charge in [-0.2, -0.15) is 0 Å². The fourth-order valence-corrected chi connectivity index (χ4v) is 3.48. The fraction of sp³-hybridized carbons (Fsp3) is 0.609. The topological polar surface area (TPSA) is 87.7 Å². The molecule has 0 spiro atoms. The summed E-state index contributed by atoms with van der Waals surface area (Å²) in [5.41, 5.74) is -0.0790. The van der Waals surface area contributed by atoms with Gasteiger partial charge < -0.3 is 20.3 Å². The summed E-state index contributed by atoms with van der Waals surface area (Å²) >= 11 is 5.89. The Morgan fingerprint density at radius 3 is 2.26 bits per heavy atom. The first-order valence-corrected chi connectivity index (χ1v) is 11.2. The van der Waals surface area contributed by atoms with Gasteiger partial charge >= 0.3 is 6.09 Å². The summed E-state index contributed by atoms with van der Waals surface area (Å²) in [6.45, 7) is 10.5. The Morgan fingerprint density at radius 1 is 1.16 bits per heavy atom. The number of ether oxygens (including phenoxy) is 1. The predicted molar refractivity (Wildman–Crippen MR) is 121 cm³/mol. The molecular formula is C23H34ClN3O4. The Hall–Kier alpha value is -2.28. The van der Waals surface area contributed by atoms with E-state index >= 15 is 0 Å². The summed E-state index contributed by atoms with van der Waals surface area (Å²) in [6.07, 6.45) is 1.70. The quantitative estimate of drug-likeness (QED) is 0.684. The lowest BCUT2D eigenvalue weighted by molar-refractivity contribution is -0.125. The van der Waals surface area contributed by atoms with Gasteiger partial charge in [0, 0.05) is 29.7 Å². The van der Waals surface area contributed by atoms with Crippen LogP contribution in [0.15, 0.2) is 24.3 Å². The minimum absolute atomic E-state index is 0.0295. The van der Waals surface area contributed by atoms with E-state index in [9.17, 15) is 14.4 Å². The number of nitrogens with zero attached hydrogens (tertiary/aromatic N) is 1. The average molecular weight is 452 g/mol. The monoisotopic (exact) mass is 451 g/mol. The van der Waals surface area contributed by atoms with Crippen LogP contribution in [-0.4, -0.2) is 53.6 Å². The number of likely N-dealkylation sites (tertiary alicyclic amines) is 1. The van der Waals surface area contributed by atoms with E-state index in [4.69, 9.17) is 16.3 Å². The van der Waals surface area contributed by atoms with Crippen LogP contribution in [0.5, 0.6) is 0 Å². The van der Waals surface area contributed by atoms with Gasteiger partial charge in [-0.3, -0.25) is 9.59 Å². The summed E-state index contributed by atoms with van der Waals surface area (Å²) in [6, 6.07) is 5.87. The number of carbonyl (C=O) groups is 3. The van der Waals surface area contributed by atoms with Crippen molar-refractivity contribution in [3.8, 4) is 0 Å². The SMILES string of the molecule is CCC(C)C(NC(=O)c1ccc(Cl)cc1)C(=O)NC1CCN(C(=O)OC(C)(C)C)CC1. The van der Waals surface area contributed by atoms with E-state index in [0.29, 0.717) is 36.5 Å². The Balaban J connectivity index is 1.93. The maximum atomic E-state index is 13.0. The van der Waals surface area contributed by atoms with Crippen LogP contribution in [0, 0.1) is 5.92 Å². The minimum atomic E-state index is -0.642. The molecule has 0 radical (unpaired) electrons. The third-order valence-electron chi connectivity index (χ3n) is 5.38. The van der Waals surface area contributed by atoms with Crippen molar-refractivity contribution < 1.29 is 19.1 Å². The maximum absolute atomic E-state index is 13.0. The Bertz CT molecular complexity index is 768. The molecule has 0 aromatic heterocycles. The van der Waals surface area contributed by atoms with E-state index in [1.54, 1.807) is 29.2 Å². The van der Waals surface area contributed by atoms with Crippen molar-refractivity contribution in [1.82, 2.24) is 15.5 Å². The number of hydrogen-bond acceptors (Lipinski definition) is 4. The van der Waals surface area contributed by atoms with Crippen LogP contribution in [0.1, 0.15) is 64.2 Å². The van der Waals surface area contributed by atoms with Crippen LogP contribution in [0.3, 0.4) is 0 Å². The molecule has 2 atom stereocenters. The lowest BCUT2D eigenvalue weighted by Crippen LogP contribution is -2.54. The molecule has 1 aromatic rings. The number of piperidine rings is 1. The van der Waals surface area contributed by atoms with Gasteiger partial charge in [-0.05, 0) is 63.8 Å². The summed E-state index contributed by atoms with van der Waals surface area (Å²) < 4.78 is 5.41. The third kappa shape index (κ3) is 7.73. The second-order valence-electron chi connectivity index (χ2n) is 9.09. The molecule has 8 heteroatoms. The number of rotatable bonds is 6. The van der Waals surface area contributed by atoms with Crippen molar-refractivity contribution >= 4 is 29.5 Å². The zero-order valence-electron chi connectivity index (χ0n) is 19.0. The standard InChI is InChI=1S/C23H34ClN3O4/c1-6-15(2)19(26-20(28)16-7-9-17(24)10-8-16)21(29)25-18-11-13-27(14-12-18)22(30)31-23(3,4)5/h7-10,15,18-19H,6,11-14H2,1-5H3,(H,25,29)(H,26,28). The molecule has 2 N–H and O–H groups in total. The van der Waals surface area contributed by atoms with Crippen LogP contribution in [-0.2, 0) is 9.53 Å². The normalized spacial score (nSPS) is 16.9. The van der Waals surface area contributed by atoms with Crippen LogP contribution in [0.25, 0.3) is 0 Å².